The van der Waals surface area contributed by atoms with Gasteiger partial charge >= 0.3 is 5.97 Å². The van der Waals surface area contributed by atoms with Crippen molar-refractivity contribution in [3.05, 3.63) is 38.0 Å². The topological polar surface area (TPSA) is 139 Å². The summed E-state index contributed by atoms with van der Waals surface area (Å²) in [6, 6.07) is 2.67. The Labute approximate surface area is 132 Å². The number of nitrogens with one attached hydrogen (secondary N) is 1. The third kappa shape index (κ3) is 3.08. The van der Waals surface area contributed by atoms with E-state index in [1.165, 1.54) is 12.1 Å². The zero-order chi connectivity index (χ0) is 16.4. The van der Waals surface area contributed by atoms with Gasteiger partial charge in [0.15, 0.2) is 0 Å². The van der Waals surface area contributed by atoms with Crippen LogP contribution in [0.15, 0.2) is 16.6 Å². The van der Waals surface area contributed by atoms with Crippen molar-refractivity contribution in [2.45, 2.75) is 19.3 Å². The second kappa shape index (κ2) is 6.14. The van der Waals surface area contributed by atoms with E-state index >= 15 is 0 Å². The first kappa shape index (κ1) is 16.0. The van der Waals surface area contributed by atoms with Gasteiger partial charge in [-0.25, -0.2) is 0 Å². The van der Waals surface area contributed by atoms with Crippen LogP contribution in [0.25, 0.3) is 10.9 Å². The van der Waals surface area contributed by atoms with Crippen LogP contribution < -0.4 is 5.73 Å². The zero-order valence-electron chi connectivity index (χ0n) is 11.3. The van der Waals surface area contributed by atoms with Crippen molar-refractivity contribution in [3.63, 3.8) is 0 Å². The maximum absolute atomic E-state index is 11.5. The summed E-state index contributed by atoms with van der Waals surface area (Å²) in [6.45, 7) is 0. The second-order valence-electron chi connectivity index (χ2n) is 4.70. The minimum Gasteiger partial charge on any atom is -0.481 e. The molecule has 22 heavy (non-hydrogen) atoms. The number of carboxylic acid groups (broad SMARTS) is 1. The Balaban J connectivity index is 2.58. The van der Waals surface area contributed by atoms with E-state index in [4.69, 9.17) is 10.8 Å². The first-order valence-corrected chi connectivity index (χ1v) is 7.10. The van der Waals surface area contributed by atoms with E-state index in [2.05, 4.69) is 20.9 Å². The summed E-state index contributed by atoms with van der Waals surface area (Å²) in [5.74, 6) is -1.65. The molecule has 8 nitrogen and oxygen atoms in total. The summed E-state index contributed by atoms with van der Waals surface area (Å²) in [5, 5.41) is 20.1. The number of carbonyl (C=O) groups excluding carboxylic acids is 1. The summed E-state index contributed by atoms with van der Waals surface area (Å²) < 4.78 is 0.434. The van der Waals surface area contributed by atoms with E-state index in [9.17, 15) is 19.7 Å². The number of non-ortho nitro benzene ring substituents is 1. The van der Waals surface area contributed by atoms with Crippen molar-refractivity contribution in [3.8, 4) is 0 Å². The first-order chi connectivity index (χ1) is 10.3. The number of nitro groups is 1. The Morgan fingerprint density at radius 2 is 2.09 bits per heavy atom. The molecule has 1 aromatic carbocycles. The molecule has 0 fully saturated rings. The van der Waals surface area contributed by atoms with E-state index in [-0.39, 0.29) is 24.2 Å². The number of fused-ring (bicyclic) bond motifs is 1. The summed E-state index contributed by atoms with van der Waals surface area (Å²) >= 11 is 3.22. The lowest BCUT2D eigenvalue weighted by molar-refractivity contribution is -0.384. The summed E-state index contributed by atoms with van der Waals surface area (Å²) in [4.78, 5) is 35.4. The van der Waals surface area contributed by atoms with Gasteiger partial charge in [-0.3, -0.25) is 19.7 Å². The summed E-state index contributed by atoms with van der Waals surface area (Å²) in [6.07, 6.45) is 0.502. The third-order valence-electron chi connectivity index (χ3n) is 3.23. The first-order valence-electron chi connectivity index (χ1n) is 6.31. The Hall–Kier alpha value is -2.42. The average Bonchev–Trinajstić information content (AvgIpc) is 2.78. The number of aromatic nitrogens is 1. The number of hydrogen-bond donors (Lipinski definition) is 3. The van der Waals surface area contributed by atoms with E-state index < -0.39 is 16.8 Å². The van der Waals surface area contributed by atoms with E-state index in [0.29, 0.717) is 27.4 Å². The Bertz CT molecular complexity index is 784. The fourth-order valence-electron chi connectivity index (χ4n) is 2.28. The number of amides is 1. The number of aliphatic carboxylic acids is 1. The maximum Gasteiger partial charge on any atom is 0.303 e. The van der Waals surface area contributed by atoms with Crippen LogP contribution in [-0.2, 0) is 11.2 Å². The largest absolute Gasteiger partial charge is 0.481 e. The van der Waals surface area contributed by atoms with Gasteiger partial charge in [0.1, 0.15) is 5.69 Å². The molecule has 0 bridgehead atoms. The molecule has 0 saturated heterocycles. The number of nitro benzene ring substituents is 1. The monoisotopic (exact) mass is 369 g/mol. The number of aromatic amines is 1. The lowest BCUT2D eigenvalue weighted by Crippen LogP contribution is -2.13. The van der Waals surface area contributed by atoms with Crippen LogP contribution in [0.3, 0.4) is 0 Å². The van der Waals surface area contributed by atoms with Crippen molar-refractivity contribution in [1.29, 1.82) is 0 Å². The van der Waals surface area contributed by atoms with Crippen molar-refractivity contribution < 1.29 is 19.6 Å². The van der Waals surface area contributed by atoms with Gasteiger partial charge in [-0.1, -0.05) is 0 Å². The molecule has 4 N–H and O–H groups in total. The van der Waals surface area contributed by atoms with E-state index in [1.54, 1.807) is 0 Å². The molecule has 9 heteroatoms. The molecule has 2 rings (SSSR count). The van der Waals surface area contributed by atoms with Crippen molar-refractivity contribution in [1.82, 2.24) is 4.98 Å². The molecular weight excluding hydrogens is 358 g/mol. The fraction of sp³-hybridized carbons (Fsp3) is 0.231. The molecule has 1 heterocycles. The number of carbonyl (C=O) groups is 2. The molecule has 0 aliphatic carbocycles. The number of carboxylic acids is 1. The Kier molecular flexibility index (Phi) is 4.45. The highest BCUT2D eigenvalue weighted by Gasteiger charge is 2.20. The molecule has 0 spiro atoms. The molecule has 0 aliphatic heterocycles. The minimum absolute atomic E-state index is 0.0685. The molecule has 2 aromatic rings. The van der Waals surface area contributed by atoms with Crippen LogP contribution in [-0.4, -0.2) is 26.9 Å². The molecule has 1 amide bonds. The van der Waals surface area contributed by atoms with Crippen LogP contribution in [0.2, 0.25) is 0 Å². The van der Waals surface area contributed by atoms with Gasteiger partial charge < -0.3 is 15.8 Å². The molecule has 0 unspecified atom stereocenters. The summed E-state index contributed by atoms with van der Waals surface area (Å²) in [7, 11) is 0. The quantitative estimate of drug-likeness (QED) is 0.529. The Morgan fingerprint density at radius 1 is 1.41 bits per heavy atom. The predicted molar refractivity (Wildman–Crippen MR) is 81.7 cm³/mol. The maximum atomic E-state index is 11.5. The molecule has 0 aliphatic rings. The van der Waals surface area contributed by atoms with Gasteiger partial charge in [-0.05, 0) is 34.3 Å². The normalized spacial score (nSPS) is 10.8. The van der Waals surface area contributed by atoms with Gasteiger partial charge in [0.2, 0.25) is 0 Å². The predicted octanol–water partition coefficient (Wildman–Crippen LogP) is 2.34. The minimum atomic E-state index is -0.951. The highest BCUT2D eigenvalue weighted by atomic mass is 79.9. The number of primary amides is 1. The van der Waals surface area contributed by atoms with E-state index in [1.807, 2.05) is 0 Å². The molecule has 1 aromatic heterocycles. The standard InChI is InChI=1S/C13H12BrN3O5/c14-9-5-6(17(21)22)4-8-7(2-1-3-10(18)19)12(13(15)20)16-11(8)9/h4-5,16H,1-3H2,(H2,15,20)(H,18,19). The number of rotatable bonds is 6. The molecular formula is C13H12BrN3O5. The van der Waals surface area contributed by atoms with Gasteiger partial charge in [-0.15, -0.1) is 0 Å². The third-order valence-corrected chi connectivity index (χ3v) is 3.85. The van der Waals surface area contributed by atoms with Crippen LogP contribution >= 0.6 is 15.9 Å². The number of hydrogen-bond acceptors (Lipinski definition) is 4. The second-order valence-corrected chi connectivity index (χ2v) is 5.55. The number of H-pyrrole nitrogens is 1. The average molecular weight is 370 g/mol. The number of nitrogens with zero attached hydrogens (tertiary/aromatic N) is 1. The number of halogens is 1. The van der Waals surface area contributed by atoms with Crippen molar-refractivity contribution in [2.75, 3.05) is 0 Å². The molecule has 0 radical (unpaired) electrons. The van der Waals surface area contributed by atoms with Crippen LogP contribution in [0.5, 0.6) is 0 Å². The Morgan fingerprint density at radius 3 is 2.64 bits per heavy atom. The highest BCUT2D eigenvalue weighted by Crippen LogP contribution is 2.33. The lowest BCUT2D eigenvalue weighted by atomic mass is 10.0. The van der Waals surface area contributed by atoms with Gasteiger partial charge in [-0.2, -0.15) is 0 Å². The summed E-state index contributed by atoms with van der Waals surface area (Å²) in [5.41, 5.74) is 6.34. The molecule has 0 atom stereocenters. The molecule has 116 valence electrons. The smallest absolute Gasteiger partial charge is 0.303 e. The lowest BCUT2D eigenvalue weighted by Gasteiger charge is -2.01. The highest BCUT2D eigenvalue weighted by molar-refractivity contribution is 9.10. The van der Waals surface area contributed by atoms with Gasteiger partial charge in [0, 0.05) is 28.4 Å². The van der Waals surface area contributed by atoms with Crippen molar-refractivity contribution >= 4 is 44.4 Å². The SMILES string of the molecule is NC(=O)c1[nH]c2c(Br)cc([N+](=O)[O-])cc2c1CCCC(=O)O. The van der Waals surface area contributed by atoms with Crippen molar-refractivity contribution in [2.24, 2.45) is 5.73 Å². The number of nitrogens with two attached hydrogens (primary N) is 1. The van der Waals surface area contributed by atoms with E-state index in [0.717, 1.165) is 0 Å². The molecule has 0 saturated carbocycles. The zero-order valence-corrected chi connectivity index (χ0v) is 12.8. The van der Waals surface area contributed by atoms with Crippen LogP contribution in [0.4, 0.5) is 5.69 Å². The van der Waals surface area contributed by atoms with Gasteiger partial charge in [0.05, 0.1) is 10.4 Å². The van der Waals surface area contributed by atoms with Crippen LogP contribution in [0, 0.1) is 10.1 Å². The van der Waals surface area contributed by atoms with Crippen LogP contribution in [0.1, 0.15) is 28.9 Å². The van der Waals surface area contributed by atoms with Gasteiger partial charge in [0.25, 0.3) is 11.6 Å². The number of benzene rings is 1. The fourth-order valence-corrected chi connectivity index (χ4v) is 2.83. The number of aryl methyl sites for hydroxylation is 1.